The van der Waals surface area contributed by atoms with Crippen LogP contribution in [0.25, 0.3) is 11.1 Å². The van der Waals surface area contributed by atoms with Gasteiger partial charge in [0.05, 0.1) is 23.3 Å². The van der Waals surface area contributed by atoms with Crippen LogP contribution in [-0.4, -0.2) is 72.2 Å². The van der Waals surface area contributed by atoms with Crippen molar-refractivity contribution in [2.75, 3.05) is 19.0 Å². The van der Waals surface area contributed by atoms with Crippen LogP contribution in [0, 0.1) is 5.92 Å². The van der Waals surface area contributed by atoms with Crippen molar-refractivity contribution in [3.8, 4) is 11.1 Å². The molecule has 0 aliphatic heterocycles. The van der Waals surface area contributed by atoms with Crippen molar-refractivity contribution in [3.05, 3.63) is 180 Å². The highest BCUT2D eigenvalue weighted by Gasteiger charge is 2.40. The molecule has 10 nitrogen and oxygen atoms in total. The number of carbonyl (C=O) groups is 4. The quantitative estimate of drug-likeness (QED) is 0.0350. The standard InChI is InChI=1S/C51H55N3O7S/c1-5-30-60-46(56)31-45(55)47(34(3)6-2)54-49(58)44(33-62-51(36-20-10-7-11-21-36,37-22-12-8-13-23-37)38-24-14-9-15-25-38)53-48(57)35(4)52-50(59)61-32-43-41-28-18-16-26-39(41)40-27-17-19-29-42(40)43/h5,7-29,34-35,43-45,47,55H,1,6,30-33H2,2-4H3,(H,52,59)(H,53,57)(H,54,58)/t34-,35-,44-,45+,47-/m1/s1. The first-order chi connectivity index (χ1) is 30.1. The minimum absolute atomic E-state index is 0.00844. The van der Waals surface area contributed by atoms with Gasteiger partial charge in [-0.2, -0.15) is 0 Å². The van der Waals surface area contributed by atoms with Crippen molar-refractivity contribution in [2.24, 2.45) is 5.92 Å². The summed E-state index contributed by atoms with van der Waals surface area (Å²) in [6.07, 6.45) is -0.386. The number of ether oxygens (including phenoxy) is 2. The van der Waals surface area contributed by atoms with E-state index in [-0.39, 0.29) is 37.2 Å². The predicted molar refractivity (Wildman–Crippen MR) is 244 cm³/mol. The first-order valence-corrected chi connectivity index (χ1v) is 22.0. The van der Waals surface area contributed by atoms with E-state index in [4.69, 9.17) is 9.47 Å². The molecule has 0 heterocycles. The van der Waals surface area contributed by atoms with Crippen molar-refractivity contribution < 1.29 is 33.8 Å². The third kappa shape index (κ3) is 10.6. The highest BCUT2D eigenvalue weighted by atomic mass is 32.2. The van der Waals surface area contributed by atoms with Crippen LogP contribution >= 0.6 is 11.8 Å². The fourth-order valence-corrected chi connectivity index (χ4v) is 9.54. The number of fused-ring (bicyclic) bond motifs is 3. The lowest BCUT2D eigenvalue weighted by molar-refractivity contribution is -0.145. The van der Waals surface area contributed by atoms with E-state index in [1.54, 1.807) is 0 Å². The number of esters is 1. The van der Waals surface area contributed by atoms with Crippen LogP contribution in [0.5, 0.6) is 0 Å². The summed E-state index contributed by atoms with van der Waals surface area (Å²) in [6, 6.07) is 42.9. The average molecular weight is 854 g/mol. The lowest BCUT2D eigenvalue weighted by Gasteiger charge is -2.37. The zero-order valence-corrected chi connectivity index (χ0v) is 36.2. The molecule has 5 aromatic carbocycles. The first kappa shape index (κ1) is 45.4. The van der Waals surface area contributed by atoms with Gasteiger partial charge in [0.1, 0.15) is 25.3 Å². The van der Waals surface area contributed by atoms with E-state index in [9.17, 15) is 24.3 Å². The summed E-state index contributed by atoms with van der Waals surface area (Å²) in [7, 11) is 0. The van der Waals surface area contributed by atoms with Crippen molar-refractivity contribution in [1.82, 2.24) is 16.0 Å². The Kier molecular flexibility index (Phi) is 15.8. The summed E-state index contributed by atoms with van der Waals surface area (Å²) in [5, 5.41) is 19.9. The van der Waals surface area contributed by atoms with Gasteiger partial charge in [0.15, 0.2) is 0 Å². The number of nitrogens with one attached hydrogen (secondary N) is 3. The van der Waals surface area contributed by atoms with E-state index in [1.807, 2.05) is 141 Å². The molecule has 1 aliphatic rings. The fraction of sp³-hybridized carbons (Fsp3) is 0.294. The number of thioether (sulfide) groups is 1. The molecule has 322 valence electrons. The summed E-state index contributed by atoms with van der Waals surface area (Å²) in [5.74, 6) is -2.16. The van der Waals surface area contributed by atoms with E-state index in [0.717, 1.165) is 38.9 Å². The average Bonchev–Trinajstić information content (AvgIpc) is 3.63. The van der Waals surface area contributed by atoms with Gasteiger partial charge in [0.25, 0.3) is 0 Å². The number of benzene rings is 5. The van der Waals surface area contributed by atoms with Gasteiger partial charge in [-0.05, 0) is 51.8 Å². The molecule has 0 saturated carbocycles. The maximum Gasteiger partial charge on any atom is 0.407 e. The third-order valence-corrected chi connectivity index (χ3v) is 13.1. The Morgan fingerprint density at radius 3 is 1.71 bits per heavy atom. The van der Waals surface area contributed by atoms with Gasteiger partial charge < -0.3 is 30.5 Å². The smallest absolute Gasteiger partial charge is 0.407 e. The number of hydrogen-bond donors (Lipinski definition) is 4. The second-order valence-corrected chi connectivity index (χ2v) is 16.7. The molecule has 4 N–H and O–H groups in total. The van der Waals surface area contributed by atoms with Crippen molar-refractivity contribution in [1.29, 1.82) is 0 Å². The van der Waals surface area contributed by atoms with Crippen molar-refractivity contribution in [3.63, 3.8) is 0 Å². The third-order valence-electron chi connectivity index (χ3n) is 11.4. The van der Waals surface area contributed by atoms with Crippen LogP contribution in [0.3, 0.4) is 0 Å². The Balaban J connectivity index is 1.25. The molecule has 3 amide bonds. The summed E-state index contributed by atoms with van der Waals surface area (Å²) < 4.78 is 10.0. The number of alkyl carbamates (subject to hydrolysis) is 1. The molecule has 0 aromatic heterocycles. The topological polar surface area (TPSA) is 143 Å². The molecule has 1 aliphatic carbocycles. The Bertz CT molecular complexity index is 2150. The summed E-state index contributed by atoms with van der Waals surface area (Å²) in [5.41, 5.74) is 7.20. The molecule has 62 heavy (non-hydrogen) atoms. The molecule has 5 atom stereocenters. The molecule has 0 bridgehead atoms. The zero-order valence-electron chi connectivity index (χ0n) is 35.4. The molecule has 0 saturated heterocycles. The van der Waals surface area contributed by atoms with E-state index >= 15 is 0 Å². The van der Waals surface area contributed by atoms with Gasteiger partial charge in [-0.25, -0.2) is 4.79 Å². The maximum absolute atomic E-state index is 14.6. The minimum Gasteiger partial charge on any atom is -0.461 e. The van der Waals surface area contributed by atoms with Gasteiger partial charge >= 0.3 is 12.1 Å². The Hall–Kier alpha value is -6.17. The Labute approximate surface area is 368 Å². The number of hydrogen-bond acceptors (Lipinski definition) is 8. The Morgan fingerprint density at radius 2 is 1.21 bits per heavy atom. The second kappa shape index (κ2) is 21.6. The number of amides is 3. The van der Waals surface area contributed by atoms with Gasteiger partial charge in [-0.15, -0.1) is 11.8 Å². The SMILES string of the molecule is C=CCOC(=O)C[C@H](O)[C@H](NC(=O)[C@@H](CSC(c1ccccc1)(c1ccccc1)c1ccccc1)NC(=O)[C@@H](C)NC(=O)OCC1c2ccccc2-c2ccccc21)[C@H](C)CC. The molecule has 0 radical (unpaired) electrons. The van der Waals surface area contributed by atoms with E-state index in [2.05, 4.69) is 34.7 Å². The lowest BCUT2D eigenvalue weighted by atomic mass is 9.84. The van der Waals surface area contributed by atoms with Crippen LogP contribution in [0.15, 0.2) is 152 Å². The first-order valence-electron chi connectivity index (χ1n) is 21.0. The van der Waals surface area contributed by atoms with Crippen LogP contribution in [0.2, 0.25) is 0 Å². The fourth-order valence-electron chi connectivity index (χ4n) is 7.98. The molecule has 0 unspecified atom stereocenters. The number of carbonyl (C=O) groups excluding carboxylic acids is 4. The molecule has 11 heteroatoms. The predicted octanol–water partition coefficient (Wildman–Crippen LogP) is 8.13. The molecular weight excluding hydrogens is 799 g/mol. The maximum atomic E-state index is 14.6. The van der Waals surface area contributed by atoms with E-state index < -0.39 is 52.9 Å². The monoisotopic (exact) mass is 853 g/mol. The normalized spacial score (nSPS) is 14.5. The summed E-state index contributed by atoms with van der Waals surface area (Å²) >= 11 is 1.48. The number of aliphatic hydroxyl groups excluding tert-OH is 1. The Morgan fingerprint density at radius 1 is 0.710 bits per heavy atom. The largest absolute Gasteiger partial charge is 0.461 e. The van der Waals surface area contributed by atoms with Gasteiger partial charge in [0.2, 0.25) is 11.8 Å². The highest BCUT2D eigenvalue weighted by Crippen LogP contribution is 2.49. The minimum atomic E-state index is -1.28. The van der Waals surface area contributed by atoms with E-state index in [0.29, 0.717) is 6.42 Å². The van der Waals surface area contributed by atoms with Crippen molar-refractivity contribution in [2.45, 2.75) is 68.5 Å². The van der Waals surface area contributed by atoms with E-state index in [1.165, 1.54) is 24.8 Å². The molecular formula is C51H55N3O7S. The molecule has 0 fully saturated rings. The number of rotatable bonds is 20. The highest BCUT2D eigenvalue weighted by molar-refractivity contribution is 8.00. The van der Waals surface area contributed by atoms with Crippen LogP contribution in [-0.2, 0) is 28.6 Å². The summed E-state index contributed by atoms with van der Waals surface area (Å²) in [6.45, 7) is 8.95. The molecule has 5 aromatic rings. The van der Waals surface area contributed by atoms with Crippen LogP contribution < -0.4 is 16.0 Å². The molecule has 0 spiro atoms. The lowest BCUT2D eigenvalue weighted by Crippen LogP contribution is -2.58. The molecule has 6 rings (SSSR count). The second-order valence-electron chi connectivity index (χ2n) is 15.5. The van der Waals surface area contributed by atoms with Crippen molar-refractivity contribution >= 4 is 35.6 Å². The van der Waals surface area contributed by atoms with Crippen LogP contribution in [0.4, 0.5) is 4.79 Å². The van der Waals surface area contributed by atoms with Crippen LogP contribution in [0.1, 0.15) is 67.3 Å². The number of aliphatic hydroxyl groups is 1. The van der Waals surface area contributed by atoms with Gasteiger partial charge in [-0.3, -0.25) is 14.4 Å². The van der Waals surface area contributed by atoms with Gasteiger partial charge in [0, 0.05) is 11.7 Å². The van der Waals surface area contributed by atoms with Gasteiger partial charge in [-0.1, -0.05) is 172 Å². The zero-order chi connectivity index (χ0) is 44.1. The summed E-state index contributed by atoms with van der Waals surface area (Å²) in [4.78, 5) is 54.5.